The second kappa shape index (κ2) is 9.60. The Labute approximate surface area is 166 Å². The van der Waals surface area contributed by atoms with Gasteiger partial charge in [-0.25, -0.2) is 4.98 Å². The number of hydrogen-bond donors (Lipinski definition) is 1. The maximum Gasteiger partial charge on any atom is 0.193 e. The fraction of sp³-hybridized carbons (Fsp3) is 0.273. The molecule has 0 amide bonds. The molecule has 3 aromatic rings. The largest absolute Gasteiger partial charge is 0.497 e. The van der Waals surface area contributed by atoms with E-state index in [4.69, 9.17) is 4.74 Å². The predicted molar refractivity (Wildman–Crippen MR) is 112 cm³/mol. The molecule has 0 aliphatic carbocycles. The molecule has 0 bridgehead atoms. The summed E-state index contributed by atoms with van der Waals surface area (Å²) >= 11 is 0. The van der Waals surface area contributed by atoms with Gasteiger partial charge in [0.1, 0.15) is 5.75 Å². The van der Waals surface area contributed by atoms with Crippen LogP contribution in [0.1, 0.15) is 16.7 Å². The Morgan fingerprint density at radius 1 is 1.14 bits per heavy atom. The lowest BCUT2D eigenvalue weighted by molar-refractivity contribution is 0.414. The molecule has 6 nitrogen and oxygen atoms in total. The van der Waals surface area contributed by atoms with Crippen LogP contribution in [-0.4, -0.2) is 41.6 Å². The molecule has 0 spiro atoms. The van der Waals surface area contributed by atoms with E-state index < -0.39 is 0 Å². The maximum atomic E-state index is 5.22. The summed E-state index contributed by atoms with van der Waals surface area (Å²) in [6, 6.07) is 16.7. The zero-order valence-electron chi connectivity index (χ0n) is 16.7. The number of benzene rings is 2. The normalized spacial score (nSPS) is 11.3. The van der Waals surface area contributed by atoms with E-state index in [0.29, 0.717) is 0 Å². The Morgan fingerprint density at radius 3 is 2.61 bits per heavy atom. The van der Waals surface area contributed by atoms with Gasteiger partial charge in [0, 0.05) is 46.1 Å². The van der Waals surface area contributed by atoms with Gasteiger partial charge in [0.25, 0.3) is 0 Å². The molecule has 1 heterocycles. The summed E-state index contributed by atoms with van der Waals surface area (Å²) in [6.45, 7) is 2.31. The van der Waals surface area contributed by atoms with Gasteiger partial charge in [-0.1, -0.05) is 36.4 Å². The van der Waals surface area contributed by atoms with Crippen molar-refractivity contribution in [1.82, 2.24) is 19.8 Å². The highest BCUT2D eigenvalue weighted by Gasteiger charge is 2.07. The molecule has 0 saturated carbocycles. The Kier molecular flexibility index (Phi) is 6.68. The zero-order valence-corrected chi connectivity index (χ0v) is 16.7. The van der Waals surface area contributed by atoms with Crippen molar-refractivity contribution in [2.75, 3.05) is 21.2 Å². The average Bonchev–Trinajstić information content (AvgIpc) is 3.22. The van der Waals surface area contributed by atoms with Gasteiger partial charge in [-0.15, -0.1) is 0 Å². The molecular weight excluding hydrogens is 350 g/mol. The number of aromatic nitrogens is 2. The average molecular weight is 377 g/mol. The van der Waals surface area contributed by atoms with E-state index in [1.165, 1.54) is 16.7 Å². The first-order valence-corrected chi connectivity index (χ1v) is 9.26. The van der Waals surface area contributed by atoms with Crippen molar-refractivity contribution in [2.24, 2.45) is 4.99 Å². The lowest BCUT2D eigenvalue weighted by atomic mass is 10.1. The van der Waals surface area contributed by atoms with Crippen LogP contribution in [0.4, 0.5) is 0 Å². The number of aliphatic imine (C=N–C) groups is 1. The molecule has 28 heavy (non-hydrogen) atoms. The zero-order chi connectivity index (χ0) is 19.8. The SMILES string of the molecule is CN=C(NCc1cccc(Cn2ccnc2)c1)N(C)Cc1ccc(OC)cc1. The number of imidazole rings is 1. The number of ether oxygens (including phenoxy) is 1. The van der Waals surface area contributed by atoms with Gasteiger partial charge in [-0.05, 0) is 28.8 Å². The Hall–Kier alpha value is -3.28. The first kappa shape index (κ1) is 19.5. The predicted octanol–water partition coefficient (Wildman–Crippen LogP) is 3.15. The van der Waals surface area contributed by atoms with Gasteiger partial charge in [0.2, 0.25) is 0 Å². The van der Waals surface area contributed by atoms with E-state index in [2.05, 4.69) is 61.2 Å². The summed E-state index contributed by atoms with van der Waals surface area (Å²) in [5.74, 6) is 1.72. The highest BCUT2D eigenvalue weighted by atomic mass is 16.5. The third-order valence-electron chi connectivity index (χ3n) is 4.52. The molecule has 0 radical (unpaired) electrons. The minimum Gasteiger partial charge on any atom is -0.497 e. The summed E-state index contributed by atoms with van der Waals surface area (Å²) in [5, 5.41) is 3.45. The van der Waals surface area contributed by atoms with Crippen LogP contribution in [0.3, 0.4) is 0 Å². The standard InChI is InChI=1S/C22H27N5O/c1-23-22(26(2)15-18-7-9-21(28-3)10-8-18)25-14-19-5-4-6-20(13-19)16-27-12-11-24-17-27/h4-13,17H,14-16H2,1-3H3,(H,23,25). The summed E-state index contributed by atoms with van der Waals surface area (Å²) in [6.07, 6.45) is 5.61. The van der Waals surface area contributed by atoms with Crippen LogP contribution in [0.15, 0.2) is 72.2 Å². The molecule has 2 aromatic carbocycles. The van der Waals surface area contributed by atoms with Gasteiger partial charge in [-0.2, -0.15) is 0 Å². The highest BCUT2D eigenvalue weighted by molar-refractivity contribution is 5.79. The molecule has 0 unspecified atom stereocenters. The molecule has 0 saturated heterocycles. The van der Waals surface area contributed by atoms with Crippen LogP contribution in [-0.2, 0) is 19.6 Å². The molecule has 3 rings (SSSR count). The van der Waals surface area contributed by atoms with Gasteiger partial charge in [0.15, 0.2) is 5.96 Å². The molecule has 1 aromatic heterocycles. The molecule has 0 aliphatic heterocycles. The van der Waals surface area contributed by atoms with Crippen molar-refractivity contribution in [3.05, 3.63) is 83.9 Å². The molecule has 0 atom stereocenters. The van der Waals surface area contributed by atoms with Crippen LogP contribution in [0.2, 0.25) is 0 Å². The lowest BCUT2D eigenvalue weighted by Gasteiger charge is -2.22. The van der Waals surface area contributed by atoms with E-state index in [0.717, 1.165) is 31.3 Å². The molecule has 0 fully saturated rings. The van der Waals surface area contributed by atoms with E-state index in [1.54, 1.807) is 13.3 Å². The first-order valence-electron chi connectivity index (χ1n) is 9.26. The van der Waals surface area contributed by atoms with Crippen LogP contribution in [0.25, 0.3) is 0 Å². The lowest BCUT2D eigenvalue weighted by Crippen LogP contribution is -2.38. The second-order valence-electron chi connectivity index (χ2n) is 6.66. The highest BCUT2D eigenvalue weighted by Crippen LogP contribution is 2.13. The fourth-order valence-electron chi connectivity index (χ4n) is 3.07. The molecule has 6 heteroatoms. The molecule has 1 N–H and O–H groups in total. The van der Waals surface area contributed by atoms with Crippen LogP contribution in [0, 0.1) is 0 Å². The van der Waals surface area contributed by atoms with E-state index >= 15 is 0 Å². The number of methoxy groups -OCH3 is 1. The number of hydrogen-bond acceptors (Lipinski definition) is 3. The Bertz CT molecular complexity index is 888. The van der Waals surface area contributed by atoms with Gasteiger partial charge in [-0.3, -0.25) is 4.99 Å². The third kappa shape index (κ3) is 5.36. The van der Waals surface area contributed by atoms with Crippen LogP contribution < -0.4 is 10.1 Å². The van der Waals surface area contributed by atoms with Gasteiger partial charge < -0.3 is 19.5 Å². The number of nitrogens with one attached hydrogen (secondary N) is 1. The number of guanidine groups is 1. The van der Waals surface area contributed by atoms with Crippen LogP contribution in [0.5, 0.6) is 5.75 Å². The monoisotopic (exact) mass is 377 g/mol. The minimum atomic E-state index is 0.720. The summed E-state index contributed by atoms with van der Waals surface area (Å²) in [5.41, 5.74) is 3.67. The van der Waals surface area contributed by atoms with E-state index in [1.807, 2.05) is 38.8 Å². The maximum absolute atomic E-state index is 5.22. The summed E-state index contributed by atoms with van der Waals surface area (Å²) in [4.78, 5) is 10.6. The van der Waals surface area contributed by atoms with Crippen molar-refractivity contribution in [3.8, 4) is 5.75 Å². The molecule has 146 valence electrons. The van der Waals surface area contributed by atoms with Crippen LogP contribution >= 0.6 is 0 Å². The number of rotatable bonds is 7. The van der Waals surface area contributed by atoms with E-state index in [9.17, 15) is 0 Å². The molecular formula is C22H27N5O. The number of nitrogens with zero attached hydrogens (tertiary/aromatic N) is 4. The van der Waals surface area contributed by atoms with Crippen molar-refractivity contribution in [1.29, 1.82) is 0 Å². The summed E-state index contributed by atoms with van der Waals surface area (Å²) < 4.78 is 7.28. The fourth-order valence-corrected chi connectivity index (χ4v) is 3.07. The van der Waals surface area contributed by atoms with Crippen molar-refractivity contribution >= 4 is 5.96 Å². The van der Waals surface area contributed by atoms with Crippen molar-refractivity contribution in [3.63, 3.8) is 0 Å². The van der Waals surface area contributed by atoms with Crippen molar-refractivity contribution < 1.29 is 4.74 Å². The second-order valence-corrected chi connectivity index (χ2v) is 6.66. The van der Waals surface area contributed by atoms with Crippen molar-refractivity contribution in [2.45, 2.75) is 19.6 Å². The first-order chi connectivity index (χ1) is 13.7. The molecule has 0 aliphatic rings. The van der Waals surface area contributed by atoms with Gasteiger partial charge >= 0.3 is 0 Å². The van der Waals surface area contributed by atoms with E-state index in [-0.39, 0.29) is 0 Å². The third-order valence-corrected chi connectivity index (χ3v) is 4.52. The van der Waals surface area contributed by atoms with Gasteiger partial charge in [0.05, 0.1) is 13.4 Å². The summed E-state index contributed by atoms with van der Waals surface area (Å²) in [7, 11) is 5.52. The quantitative estimate of drug-likeness (QED) is 0.508. The Balaban J connectivity index is 1.57. The minimum absolute atomic E-state index is 0.720. The topological polar surface area (TPSA) is 54.7 Å². The smallest absolute Gasteiger partial charge is 0.193 e. The Morgan fingerprint density at radius 2 is 1.93 bits per heavy atom.